The number of hydrogen-bond acceptors (Lipinski definition) is 9. The molecule has 0 spiro atoms. The predicted octanol–water partition coefficient (Wildman–Crippen LogP) is 1.35. The molecule has 1 rings (SSSR count). The summed E-state index contributed by atoms with van der Waals surface area (Å²) in [7, 11) is 0. The second kappa shape index (κ2) is 18.1. The van der Waals surface area contributed by atoms with Gasteiger partial charge in [0, 0.05) is 6.42 Å². The first-order valence-electron chi connectivity index (χ1n) is 12.0. The van der Waals surface area contributed by atoms with Gasteiger partial charge in [0.05, 0.1) is 19.8 Å². The van der Waals surface area contributed by atoms with Gasteiger partial charge < -0.3 is 39.7 Å². The molecule has 33 heavy (non-hydrogen) atoms. The Morgan fingerprint density at radius 3 is 2.33 bits per heavy atom. The molecule has 1 heterocycles. The van der Waals surface area contributed by atoms with Crippen molar-refractivity contribution in [2.45, 2.75) is 102 Å². The smallest absolute Gasteiger partial charge is 0.306 e. The van der Waals surface area contributed by atoms with Crippen molar-refractivity contribution in [1.29, 1.82) is 0 Å². The summed E-state index contributed by atoms with van der Waals surface area (Å²) in [6.45, 7) is 0.793. The zero-order valence-corrected chi connectivity index (χ0v) is 19.6. The average molecular weight is 475 g/mol. The first kappa shape index (κ1) is 29.7. The van der Waals surface area contributed by atoms with Crippen LogP contribution in [0.5, 0.6) is 0 Å². The summed E-state index contributed by atoms with van der Waals surface area (Å²) >= 11 is 0. The summed E-state index contributed by atoms with van der Waals surface area (Å²) in [5, 5.41) is 48.1. The van der Waals surface area contributed by atoms with E-state index in [0.29, 0.717) is 6.42 Å². The first-order chi connectivity index (χ1) is 15.9. The Balaban J connectivity index is 2.16. The van der Waals surface area contributed by atoms with E-state index in [-0.39, 0.29) is 13.0 Å². The van der Waals surface area contributed by atoms with Crippen LogP contribution in [0.3, 0.4) is 0 Å². The Hall–Kier alpha value is -1.33. The standard InChI is InChI=1S/C24H42O9/c1-2-3-4-5-6-7-8-9-10-11-12-13-14-20(27)32-18(15-25)17-31-24-23(30)22(29)21(28)19(16-26)33-24/h3-4,6-7,18-19,21-26,28-30H,2,5,8-17H2,1H3/b4-3+,7-6-/t18-,19-,21+,22+,23-,24-/m1/s1. The lowest BCUT2D eigenvalue weighted by molar-refractivity contribution is -0.305. The van der Waals surface area contributed by atoms with Gasteiger partial charge in [-0.05, 0) is 32.1 Å². The Bertz CT molecular complexity index is 564. The Morgan fingerprint density at radius 2 is 1.64 bits per heavy atom. The maximum Gasteiger partial charge on any atom is 0.306 e. The molecule has 0 aromatic rings. The van der Waals surface area contributed by atoms with Crippen LogP contribution in [0.4, 0.5) is 0 Å². The molecule has 1 aliphatic heterocycles. The molecule has 0 aromatic carbocycles. The number of aliphatic hydroxyl groups is 5. The molecule has 1 aliphatic rings. The number of carbonyl (C=O) groups is 1. The molecule has 0 amide bonds. The van der Waals surface area contributed by atoms with E-state index in [2.05, 4.69) is 31.2 Å². The summed E-state index contributed by atoms with van der Waals surface area (Å²) in [6, 6.07) is 0. The number of unbranched alkanes of at least 4 members (excludes halogenated alkanes) is 5. The van der Waals surface area contributed by atoms with Crippen molar-refractivity contribution in [3.05, 3.63) is 24.3 Å². The van der Waals surface area contributed by atoms with Crippen molar-refractivity contribution in [2.75, 3.05) is 19.8 Å². The fourth-order valence-electron chi connectivity index (χ4n) is 3.39. The van der Waals surface area contributed by atoms with E-state index in [1.54, 1.807) is 0 Å². The highest BCUT2D eigenvalue weighted by atomic mass is 16.7. The van der Waals surface area contributed by atoms with Crippen molar-refractivity contribution in [2.24, 2.45) is 0 Å². The molecule has 5 N–H and O–H groups in total. The highest BCUT2D eigenvalue weighted by molar-refractivity contribution is 5.69. The van der Waals surface area contributed by atoms with Gasteiger partial charge in [0.2, 0.25) is 0 Å². The van der Waals surface area contributed by atoms with Crippen LogP contribution >= 0.6 is 0 Å². The molecular formula is C24H42O9. The van der Waals surface area contributed by atoms with Crippen molar-refractivity contribution in [3.63, 3.8) is 0 Å². The minimum Gasteiger partial charge on any atom is -0.457 e. The zero-order valence-electron chi connectivity index (χ0n) is 19.6. The molecule has 9 nitrogen and oxygen atoms in total. The predicted molar refractivity (Wildman–Crippen MR) is 122 cm³/mol. The number of hydrogen-bond donors (Lipinski definition) is 5. The lowest BCUT2D eigenvalue weighted by Crippen LogP contribution is -2.59. The van der Waals surface area contributed by atoms with Gasteiger partial charge in [0.1, 0.15) is 30.5 Å². The van der Waals surface area contributed by atoms with Crippen LogP contribution < -0.4 is 0 Å². The van der Waals surface area contributed by atoms with Gasteiger partial charge in [-0.25, -0.2) is 0 Å². The summed E-state index contributed by atoms with van der Waals surface area (Å²) in [5.41, 5.74) is 0. The third-order valence-electron chi connectivity index (χ3n) is 5.39. The number of rotatable bonds is 17. The van der Waals surface area contributed by atoms with Gasteiger partial charge in [-0.2, -0.15) is 0 Å². The Kier molecular flexibility index (Phi) is 16.3. The largest absolute Gasteiger partial charge is 0.457 e. The normalized spacial score (nSPS) is 26.8. The average Bonchev–Trinajstić information content (AvgIpc) is 2.82. The van der Waals surface area contributed by atoms with Gasteiger partial charge in [-0.15, -0.1) is 0 Å². The molecule has 0 radical (unpaired) electrons. The minimum absolute atomic E-state index is 0.236. The number of ether oxygens (including phenoxy) is 3. The van der Waals surface area contributed by atoms with E-state index in [9.17, 15) is 30.3 Å². The molecule has 0 aromatic heterocycles. The first-order valence-corrected chi connectivity index (χ1v) is 12.0. The minimum atomic E-state index is -1.56. The highest BCUT2D eigenvalue weighted by Gasteiger charge is 2.44. The maximum atomic E-state index is 12.0. The van der Waals surface area contributed by atoms with Crippen LogP contribution in [-0.4, -0.2) is 88.1 Å². The van der Waals surface area contributed by atoms with Crippen LogP contribution in [0.25, 0.3) is 0 Å². The summed E-state index contributed by atoms with van der Waals surface area (Å²) in [5.74, 6) is -0.450. The van der Waals surface area contributed by atoms with E-state index in [1.807, 2.05) is 0 Å². The molecule has 0 unspecified atom stereocenters. The van der Waals surface area contributed by atoms with Gasteiger partial charge in [-0.1, -0.05) is 50.5 Å². The second-order valence-electron chi connectivity index (χ2n) is 8.22. The van der Waals surface area contributed by atoms with Crippen LogP contribution in [-0.2, 0) is 19.0 Å². The lowest BCUT2D eigenvalue weighted by atomic mass is 9.99. The SMILES string of the molecule is CC/C=C/C/C=C\CCCCCCCC(=O)O[C@H](CO)CO[C@@H]1O[C@H](CO)[C@H](O)[C@H](O)[C@H]1O. The Morgan fingerprint density at radius 1 is 0.939 bits per heavy atom. The maximum absolute atomic E-state index is 12.0. The second-order valence-corrected chi connectivity index (χ2v) is 8.22. The molecular weight excluding hydrogens is 432 g/mol. The molecule has 0 bridgehead atoms. The molecule has 6 atom stereocenters. The number of aliphatic hydroxyl groups excluding tert-OH is 5. The van der Waals surface area contributed by atoms with Crippen molar-refractivity contribution < 1.29 is 44.5 Å². The van der Waals surface area contributed by atoms with Crippen molar-refractivity contribution in [1.82, 2.24) is 0 Å². The van der Waals surface area contributed by atoms with Gasteiger partial charge in [0.15, 0.2) is 6.29 Å². The third-order valence-corrected chi connectivity index (χ3v) is 5.39. The van der Waals surface area contributed by atoms with Crippen LogP contribution in [0.2, 0.25) is 0 Å². The van der Waals surface area contributed by atoms with Gasteiger partial charge >= 0.3 is 5.97 Å². The molecule has 1 fully saturated rings. The third kappa shape index (κ3) is 12.1. The van der Waals surface area contributed by atoms with Crippen molar-refractivity contribution in [3.8, 4) is 0 Å². The summed E-state index contributed by atoms with van der Waals surface area (Å²) in [4.78, 5) is 12.0. The van der Waals surface area contributed by atoms with Crippen LogP contribution in [0, 0.1) is 0 Å². The van der Waals surface area contributed by atoms with E-state index in [4.69, 9.17) is 14.2 Å². The van der Waals surface area contributed by atoms with E-state index in [1.165, 1.54) is 0 Å². The number of esters is 1. The fourth-order valence-corrected chi connectivity index (χ4v) is 3.39. The van der Waals surface area contributed by atoms with Crippen LogP contribution in [0.15, 0.2) is 24.3 Å². The van der Waals surface area contributed by atoms with E-state index >= 15 is 0 Å². The molecule has 9 heteroatoms. The lowest BCUT2D eigenvalue weighted by Gasteiger charge is -2.39. The molecule has 0 aliphatic carbocycles. The molecule has 192 valence electrons. The quantitative estimate of drug-likeness (QED) is 0.120. The van der Waals surface area contributed by atoms with E-state index < -0.39 is 56.0 Å². The summed E-state index contributed by atoms with van der Waals surface area (Å²) < 4.78 is 15.7. The Labute approximate surface area is 196 Å². The van der Waals surface area contributed by atoms with E-state index in [0.717, 1.165) is 44.9 Å². The molecule has 0 saturated carbocycles. The van der Waals surface area contributed by atoms with Gasteiger partial charge in [-0.3, -0.25) is 4.79 Å². The summed E-state index contributed by atoms with van der Waals surface area (Å²) in [6.07, 6.45) is 8.97. The van der Waals surface area contributed by atoms with Crippen molar-refractivity contribution >= 4 is 5.97 Å². The molecule has 1 saturated heterocycles. The van der Waals surface area contributed by atoms with Crippen LogP contribution in [0.1, 0.15) is 64.7 Å². The number of allylic oxidation sites excluding steroid dienone is 4. The van der Waals surface area contributed by atoms with Gasteiger partial charge in [0.25, 0.3) is 0 Å². The number of carbonyl (C=O) groups excluding carboxylic acids is 1. The monoisotopic (exact) mass is 474 g/mol. The highest BCUT2D eigenvalue weighted by Crippen LogP contribution is 2.22. The topological polar surface area (TPSA) is 146 Å². The zero-order chi connectivity index (χ0) is 24.5. The fraction of sp³-hybridized carbons (Fsp3) is 0.792.